The summed E-state index contributed by atoms with van der Waals surface area (Å²) in [5, 5.41) is 9.78. The van der Waals surface area contributed by atoms with Gasteiger partial charge in [0.25, 0.3) is 0 Å². The van der Waals surface area contributed by atoms with Gasteiger partial charge in [-0.3, -0.25) is 0 Å². The summed E-state index contributed by atoms with van der Waals surface area (Å²) in [7, 11) is 0. The van der Waals surface area contributed by atoms with E-state index in [1.807, 2.05) is 0 Å². The van der Waals surface area contributed by atoms with Gasteiger partial charge in [0.1, 0.15) is 0 Å². The van der Waals surface area contributed by atoms with Crippen LogP contribution < -0.4 is 0 Å². The first-order valence-corrected chi connectivity index (χ1v) is 8.28. The molecule has 7 rings (SSSR count). The highest BCUT2D eigenvalue weighted by molar-refractivity contribution is 5.62. The minimum Gasteiger partial charge on any atom is -0.186 e. The van der Waals surface area contributed by atoms with Gasteiger partial charge in [-0.1, -0.05) is 48.5 Å². The summed E-state index contributed by atoms with van der Waals surface area (Å²) in [6.07, 6.45) is 0. The van der Waals surface area contributed by atoms with E-state index >= 15 is 0 Å². The second kappa shape index (κ2) is 3.19. The molecule has 0 aromatic heterocycles. The van der Waals surface area contributed by atoms with E-state index in [-0.39, 0.29) is 11.1 Å². The number of azo groups is 1. The third-order valence-corrected chi connectivity index (χ3v) is 7.00. The highest BCUT2D eigenvalue weighted by Gasteiger charge is 2.73. The quantitative estimate of drug-likeness (QED) is 0.668. The molecule has 2 aromatic carbocycles. The molecular weight excluding hydrogens is 268 g/mol. The molecule has 108 valence electrons. The van der Waals surface area contributed by atoms with Crippen molar-refractivity contribution in [1.82, 2.24) is 0 Å². The van der Waals surface area contributed by atoms with Crippen LogP contribution in [0, 0.1) is 0 Å². The average Bonchev–Trinajstić information content (AvgIpc) is 2.47. The van der Waals surface area contributed by atoms with Gasteiger partial charge in [0, 0.05) is 23.7 Å². The Morgan fingerprint density at radius 1 is 0.591 bits per heavy atom. The maximum atomic E-state index is 4.89. The van der Waals surface area contributed by atoms with Crippen molar-refractivity contribution in [2.24, 2.45) is 10.2 Å². The van der Waals surface area contributed by atoms with Gasteiger partial charge >= 0.3 is 0 Å². The summed E-state index contributed by atoms with van der Waals surface area (Å²) < 4.78 is 0. The number of rotatable bonds is 0. The van der Waals surface area contributed by atoms with Crippen LogP contribution in [0.2, 0.25) is 0 Å². The molecule has 2 heteroatoms. The molecule has 0 N–H and O–H groups in total. The Kier molecular flexibility index (Phi) is 1.68. The third-order valence-electron chi connectivity index (χ3n) is 7.00. The van der Waals surface area contributed by atoms with Crippen molar-refractivity contribution in [3.63, 3.8) is 0 Å². The Labute approximate surface area is 130 Å². The van der Waals surface area contributed by atoms with Crippen molar-refractivity contribution in [3.05, 3.63) is 70.8 Å². The Balaban J connectivity index is 1.65. The summed E-state index contributed by atoms with van der Waals surface area (Å²) in [6.45, 7) is 4.69. The van der Waals surface area contributed by atoms with Crippen molar-refractivity contribution in [3.8, 4) is 0 Å². The van der Waals surface area contributed by atoms with E-state index in [1.54, 1.807) is 0 Å². The molecule has 0 saturated heterocycles. The fourth-order valence-corrected chi connectivity index (χ4v) is 6.14. The fraction of sp³-hybridized carbons (Fsp3) is 0.400. The van der Waals surface area contributed by atoms with Gasteiger partial charge in [-0.25, -0.2) is 0 Å². The molecule has 2 aliphatic heterocycles. The number of benzene rings is 2. The molecule has 0 spiro atoms. The van der Waals surface area contributed by atoms with E-state index < -0.39 is 0 Å². The monoisotopic (exact) mass is 286 g/mol. The SMILES string of the molecule is CC12N=NC(C)([C@@H]3c4ccccc4[C@H]31)[C@H]1c3ccccc3[C@H]12. The second-order valence-electron chi connectivity index (χ2n) is 7.82. The fourth-order valence-electron chi connectivity index (χ4n) is 6.14. The van der Waals surface area contributed by atoms with Crippen LogP contribution in [-0.2, 0) is 0 Å². The lowest BCUT2D eigenvalue weighted by atomic mass is 9.37. The standard InChI is InChI=1S/C20H18N2/c1-19-15-11-7-3-5-9-13(11)17(15)20(2,22-21-19)18-14-10-6-4-8-12(14)16(18)19/h3-10,15-18H,1-2H3/t15-,16-,17-,18+,19?,20?/m1/s1. The largest absolute Gasteiger partial charge is 0.186 e. The van der Waals surface area contributed by atoms with Gasteiger partial charge in [-0.2, -0.15) is 10.2 Å². The predicted octanol–water partition coefficient (Wildman–Crippen LogP) is 4.75. The summed E-state index contributed by atoms with van der Waals surface area (Å²) in [5.74, 6) is 2.17. The molecule has 2 nitrogen and oxygen atoms in total. The molecule has 5 aliphatic rings. The lowest BCUT2D eigenvalue weighted by molar-refractivity contribution is 0.0181. The van der Waals surface area contributed by atoms with E-state index in [0.29, 0.717) is 23.7 Å². The zero-order valence-electron chi connectivity index (χ0n) is 12.8. The predicted molar refractivity (Wildman–Crippen MR) is 85.5 cm³/mol. The summed E-state index contributed by atoms with van der Waals surface area (Å²) in [5.41, 5.74) is 5.95. The lowest BCUT2D eigenvalue weighted by Crippen LogP contribution is -2.67. The molecule has 2 aromatic rings. The number of hydrogen-bond donors (Lipinski definition) is 0. The van der Waals surface area contributed by atoms with Crippen molar-refractivity contribution >= 4 is 0 Å². The van der Waals surface area contributed by atoms with Gasteiger partial charge in [-0.15, -0.1) is 0 Å². The number of fused-ring (bicyclic) bond motifs is 2. The first kappa shape index (κ1) is 11.6. The van der Waals surface area contributed by atoms with Crippen LogP contribution in [0.15, 0.2) is 58.8 Å². The van der Waals surface area contributed by atoms with Crippen molar-refractivity contribution in [1.29, 1.82) is 0 Å². The molecule has 2 unspecified atom stereocenters. The van der Waals surface area contributed by atoms with Crippen LogP contribution in [0.25, 0.3) is 0 Å². The van der Waals surface area contributed by atoms with Crippen LogP contribution in [0.5, 0.6) is 0 Å². The van der Waals surface area contributed by atoms with Gasteiger partial charge in [0.15, 0.2) is 0 Å². The highest BCUT2D eigenvalue weighted by atomic mass is 15.3. The molecule has 1 saturated carbocycles. The average molecular weight is 286 g/mol. The summed E-state index contributed by atoms with van der Waals surface area (Å²) >= 11 is 0. The molecule has 3 aliphatic carbocycles. The topological polar surface area (TPSA) is 24.7 Å². The first-order chi connectivity index (χ1) is 10.7. The normalized spacial score (nSPS) is 45.0. The van der Waals surface area contributed by atoms with E-state index in [9.17, 15) is 0 Å². The maximum absolute atomic E-state index is 4.89. The maximum Gasteiger partial charge on any atom is 0.0938 e. The Bertz CT molecular complexity index is 736. The smallest absolute Gasteiger partial charge is 0.0938 e. The van der Waals surface area contributed by atoms with Crippen LogP contribution >= 0.6 is 0 Å². The molecule has 2 heterocycles. The Morgan fingerprint density at radius 3 is 1.14 bits per heavy atom. The van der Waals surface area contributed by atoms with Crippen LogP contribution in [0.3, 0.4) is 0 Å². The van der Waals surface area contributed by atoms with Crippen LogP contribution in [0.1, 0.15) is 59.8 Å². The van der Waals surface area contributed by atoms with Gasteiger partial charge in [-0.05, 0) is 36.1 Å². The van der Waals surface area contributed by atoms with Crippen molar-refractivity contribution < 1.29 is 0 Å². The van der Waals surface area contributed by atoms with Crippen LogP contribution in [0.4, 0.5) is 0 Å². The second-order valence-corrected chi connectivity index (χ2v) is 7.82. The minimum atomic E-state index is -0.0597. The van der Waals surface area contributed by atoms with Gasteiger partial charge in [0.2, 0.25) is 0 Å². The minimum absolute atomic E-state index is 0.0597. The van der Waals surface area contributed by atoms with Gasteiger partial charge < -0.3 is 0 Å². The zero-order valence-corrected chi connectivity index (χ0v) is 12.8. The third kappa shape index (κ3) is 0.930. The Morgan fingerprint density at radius 2 is 0.864 bits per heavy atom. The zero-order chi connectivity index (χ0) is 14.7. The van der Waals surface area contributed by atoms with E-state index in [4.69, 9.17) is 10.2 Å². The summed E-state index contributed by atoms with van der Waals surface area (Å²) in [4.78, 5) is 0. The molecular formula is C20H18N2. The molecule has 22 heavy (non-hydrogen) atoms. The Hall–Kier alpha value is -1.96. The van der Waals surface area contributed by atoms with E-state index in [1.165, 1.54) is 22.3 Å². The van der Waals surface area contributed by atoms with Crippen LogP contribution in [-0.4, -0.2) is 11.1 Å². The molecule has 0 radical (unpaired) electrons. The highest BCUT2D eigenvalue weighted by Crippen LogP contribution is 2.77. The number of nitrogens with zero attached hydrogens (tertiary/aromatic N) is 2. The number of hydrogen-bond acceptors (Lipinski definition) is 2. The summed E-state index contributed by atoms with van der Waals surface area (Å²) in [6, 6.07) is 17.9. The van der Waals surface area contributed by atoms with Gasteiger partial charge in [0.05, 0.1) is 11.1 Å². The van der Waals surface area contributed by atoms with Crippen molar-refractivity contribution in [2.75, 3.05) is 0 Å². The molecule has 1 fully saturated rings. The molecule has 6 atom stereocenters. The lowest BCUT2D eigenvalue weighted by Gasteiger charge is -2.70. The first-order valence-electron chi connectivity index (χ1n) is 8.28. The molecule has 0 amide bonds. The van der Waals surface area contributed by atoms with Crippen molar-refractivity contribution in [2.45, 2.75) is 48.6 Å². The van der Waals surface area contributed by atoms with E-state index in [2.05, 4.69) is 62.4 Å². The molecule has 2 bridgehead atoms. The van der Waals surface area contributed by atoms with E-state index in [0.717, 1.165) is 0 Å².